The largest absolute Gasteiger partial charge is 0.338 e. The Hall–Kier alpha value is -0.570. The van der Waals surface area contributed by atoms with Crippen LogP contribution in [0.2, 0.25) is 0 Å². The molecule has 2 saturated heterocycles. The molecule has 1 saturated carbocycles. The summed E-state index contributed by atoms with van der Waals surface area (Å²) in [6.07, 6.45) is 11.3. The number of likely N-dealkylation sites (tertiary alicyclic amines) is 1. The van der Waals surface area contributed by atoms with Crippen LogP contribution in [0.1, 0.15) is 57.8 Å². The Morgan fingerprint density at radius 3 is 2.72 bits per heavy atom. The van der Waals surface area contributed by atoms with E-state index in [0.717, 1.165) is 25.4 Å². The van der Waals surface area contributed by atoms with Gasteiger partial charge in [-0.3, -0.25) is 4.79 Å². The van der Waals surface area contributed by atoms with Crippen molar-refractivity contribution >= 4 is 5.91 Å². The molecule has 3 atom stereocenters. The Kier molecular flexibility index (Phi) is 3.88. The van der Waals surface area contributed by atoms with Crippen LogP contribution in [0.3, 0.4) is 0 Å². The van der Waals surface area contributed by atoms with Crippen LogP contribution in [-0.2, 0) is 4.79 Å². The number of hydrogen-bond acceptors (Lipinski definition) is 2. The van der Waals surface area contributed by atoms with E-state index in [1.807, 2.05) is 0 Å². The van der Waals surface area contributed by atoms with Crippen molar-refractivity contribution in [1.29, 1.82) is 0 Å². The summed E-state index contributed by atoms with van der Waals surface area (Å²) < 4.78 is 0. The van der Waals surface area contributed by atoms with E-state index in [0.29, 0.717) is 11.9 Å². The lowest BCUT2D eigenvalue weighted by Gasteiger charge is -2.33. The number of nitrogens with one attached hydrogen (secondary N) is 1. The molecule has 0 bridgehead atoms. The Morgan fingerprint density at radius 2 is 1.78 bits per heavy atom. The summed E-state index contributed by atoms with van der Waals surface area (Å²) in [5, 5.41) is 3.46. The fraction of sp³-hybridized carbons (Fsp3) is 0.933. The fourth-order valence-electron chi connectivity index (χ4n) is 4.12. The summed E-state index contributed by atoms with van der Waals surface area (Å²) in [7, 11) is 0. The highest BCUT2D eigenvalue weighted by Gasteiger charge is 2.40. The van der Waals surface area contributed by atoms with Gasteiger partial charge in [0, 0.05) is 12.6 Å². The third kappa shape index (κ3) is 2.42. The van der Waals surface area contributed by atoms with Crippen molar-refractivity contribution in [3.05, 3.63) is 0 Å². The molecule has 3 fully saturated rings. The lowest BCUT2D eigenvalue weighted by molar-refractivity contribution is -0.135. The van der Waals surface area contributed by atoms with E-state index >= 15 is 0 Å². The number of nitrogens with zero attached hydrogens (tertiary/aromatic N) is 1. The van der Waals surface area contributed by atoms with Crippen molar-refractivity contribution in [1.82, 2.24) is 10.2 Å². The van der Waals surface area contributed by atoms with Gasteiger partial charge in [0.1, 0.15) is 0 Å². The molecule has 0 aromatic carbocycles. The Bertz CT molecular complexity index is 297. The first-order chi connectivity index (χ1) is 8.86. The van der Waals surface area contributed by atoms with E-state index in [-0.39, 0.29) is 6.04 Å². The normalized spacial score (nSPS) is 37.1. The molecule has 3 aliphatic rings. The molecule has 0 spiro atoms. The van der Waals surface area contributed by atoms with Gasteiger partial charge in [0.15, 0.2) is 0 Å². The molecule has 0 aromatic heterocycles. The Morgan fingerprint density at radius 1 is 0.944 bits per heavy atom. The average Bonchev–Trinajstić information content (AvgIpc) is 2.65. The SMILES string of the molecule is O=C(C1CCCCCN1)N1CCC2CCCCC21. The molecule has 2 heterocycles. The van der Waals surface area contributed by atoms with Gasteiger partial charge in [-0.15, -0.1) is 0 Å². The highest BCUT2D eigenvalue weighted by molar-refractivity contribution is 5.82. The van der Waals surface area contributed by atoms with Crippen LogP contribution in [0.5, 0.6) is 0 Å². The zero-order valence-corrected chi connectivity index (χ0v) is 11.4. The molecule has 3 rings (SSSR count). The zero-order valence-electron chi connectivity index (χ0n) is 11.4. The standard InChI is InChI=1S/C15H26N2O/c18-15(13-7-2-1-5-10-16-13)17-11-9-12-6-3-4-8-14(12)17/h12-14,16H,1-11H2. The van der Waals surface area contributed by atoms with Crippen molar-refractivity contribution in [2.45, 2.75) is 69.9 Å². The van der Waals surface area contributed by atoms with Gasteiger partial charge in [-0.25, -0.2) is 0 Å². The number of carbonyl (C=O) groups excluding carboxylic acids is 1. The zero-order chi connectivity index (χ0) is 12.4. The smallest absolute Gasteiger partial charge is 0.239 e. The molecule has 1 amide bonds. The first-order valence-corrected chi connectivity index (χ1v) is 7.90. The van der Waals surface area contributed by atoms with Gasteiger partial charge in [0.25, 0.3) is 0 Å². The van der Waals surface area contributed by atoms with Gasteiger partial charge in [-0.05, 0) is 44.6 Å². The topological polar surface area (TPSA) is 32.3 Å². The molecular weight excluding hydrogens is 224 g/mol. The van der Waals surface area contributed by atoms with Crippen LogP contribution in [0.25, 0.3) is 0 Å². The quantitative estimate of drug-likeness (QED) is 0.774. The van der Waals surface area contributed by atoms with Gasteiger partial charge in [-0.1, -0.05) is 25.7 Å². The van der Waals surface area contributed by atoms with E-state index in [1.54, 1.807) is 0 Å². The Balaban J connectivity index is 1.64. The second-order valence-corrected chi connectivity index (χ2v) is 6.29. The van der Waals surface area contributed by atoms with E-state index in [2.05, 4.69) is 10.2 Å². The molecule has 102 valence electrons. The fourth-order valence-corrected chi connectivity index (χ4v) is 4.12. The number of hydrogen-bond donors (Lipinski definition) is 1. The molecule has 18 heavy (non-hydrogen) atoms. The van der Waals surface area contributed by atoms with Gasteiger partial charge in [-0.2, -0.15) is 0 Å². The van der Waals surface area contributed by atoms with Crippen LogP contribution in [0, 0.1) is 5.92 Å². The lowest BCUT2D eigenvalue weighted by Crippen LogP contribution is -2.49. The van der Waals surface area contributed by atoms with E-state index < -0.39 is 0 Å². The minimum Gasteiger partial charge on any atom is -0.338 e. The maximum Gasteiger partial charge on any atom is 0.239 e. The molecule has 1 aliphatic carbocycles. The van der Waals surface area contributed by atoms with E-state index in [4.69, 9.17) is 0 Å². The van der Waals surface area contributed by atoms with Crippen LogP contribution in [-0.4, -0.2) is 36.0 Å². The van der Waals surface area contributed by atoms with Crippen LogP contribution in [0.4, 0.5) is 0 Å². The van der Waals surface area contributed by atoms with Crippen LogP contribution in [0.15, 0.2) is 0 Å². The summed E-state index contributed by atoms with van der Waals surface area (Å²) in [4.78, 5) is 14.9. The number of fused-ring (bicyclic) bond motifs is 1. The summed E-state index contributed by atoms with van der Waals surface area (Å²) in [6, 6.07) is 0.699. The molecule has 3 unspecified atom stereocenters. The summed E-state index contributed by atoms with van der Waals surface area (Å²) in [5.74, 6) is 1.22. The maximum atomic E-state index is 12.7. The molecule has 0 aromatic rings. The van der Waals surface area contributed by atoms with E-state index in [9.17, 15) is 4.79 Å². The van der Waals surface area contributed by atoms with Crippen LogP contribution >= 0.6 is 0 Å². The highest BCUT2D eigenvalue weighted by atomic mass is 16.2. The summed E-state index contributed by atoms with van der Waals surface area (Å²) in [6.45, 7) is 2.05. The molecular formula is C15H26N2O. The van der Waals surface area contributed by atoms with E-state index in [1.165, 1.54) is 51.4 Å². The predicted molar refractivity (Wildman–Crippen MR) is 72.3 cm³/mol. The average molecular weight is 250 g/mol. The summed E-state index contributed by atoms with van der Waals surface area (Å²) in [5.41, 5.74) is 0. The van der Waals surface area contributed by atoms with Crippen LogP contribution < -0.4 is 5.32 Å². The second-order valence-electron chi connectivity index (χ2n) is 6.29. The Labute approximate surface area is 110 Å². The van der Waals surface area contributed by atoms with Gasteiger partial charge >= 0.3 is 0 Å². The second kappa shape index (κ2) is 5.60. The van der Waals surface area contributed by atoms with Crippen molar-refractivity contribution < 1.29 is 4.79 Å². The van der Waals surface area contributed by atoms with Crippen molar-refractivity contribution in [2.75, 3.05) is 13.1 Å². The third-order valence-corrected chi connectivity index (χ3v) is 5.15. The minimum absolute atomic E-state index is 0.119. The molecule has 3 nitrogen and oxygen atoms in total. The first kappa shape index (κ1) is 12.5. The van der Waals surface area contributed by atoms with Gasteiger partial charge < -0.3 is 10.2 Å². The first-order valence-electron chi connectivity index (χ1n) is 7.90. The monoisotopic (exact) mass is 250 g/mol. The molecule has 0 radical (unpaired) electrons. The summed E-state index contributed by atoms with van der Waals surface area (Å²) >= 11 is 0. The van der Waals surface area contributed by atoms with Gasteiger partial charge in [0.05, 0.1) is 6.04 Å². The predicted octanol–water partition coefficient (Wildman–Crippen LogP) is 2.31. The lowest BCUT2D eigenvalue weighted by atomic mass is 9.85. The van der Waals surface area contributed by atoms with Crippen molar-refractivity contribution in [3.8, 4) is 0 Å². The number of amides is 1. The van der Waals surface area contributed by atoms with Crippen molar-refractivity contribution in [3.63, 3.8) is 0 Å². The minimum atomic E-state index is 0.119. The number of carbonyl (C=O) groups is 1. The third-order valence-electron chi connectivity index (χ3n) is 5.15. The maximum absolute atomic E-state index is 12.7. The molecule has 3 heteroatoms. The molecule has 2 aliphatic heterocycles. The highest BCUT2D eigenvalue weighted by Crippen LogP contribution is 2.36. The van der Waals surface area contributed by atoms with Crippen molar-refractivity contribution in [2.24, 2.45) is 5.92 Å². The number of rotatable bonds is 1. The molecule has 1 N–H and O–H groups in total. The van der Waals surface area contributed by atoms with Gasteiger partial charge in [0.2, 0.25) is 5.91 Å².